The van der Waals surface area contributed by atoms with Crippen LogP contribution in [0.4, 0.5) is 5.69 Å². The minimum absolute atomic E-state index is 0.0693. The lowest BCUT2D eigenvalue weighted by molar-refractivity contribution is -0.116. The highest BCUT2D eigenvalue weighted by Gasteiger charge is 2.12. The van der Waals surface area contributed by atoms with Crippen LogP contribution >= 0.6 is 0 Å². The van der Waals surface area contributed by atoms with Gasteiger partial charge in [-0.3, -0.25) is 9.48 Å². The van der Waals surface area contributed by atoms with Gasteiger partial charge in [-0.15, -0.1) is 0 Å². The molecule has 0 aliphatic rings. The van der Waals surface area contributed by atoms with Crippen molar-refractivity contribution in [2.75, 3.05) is 11.9 Å². The number of para-hydroxylation sites is 1. The number of amides is 1. The molecule has 1 heterocycles. The van der Waals surface area contributed by atoms with E-state index < -0.39 is 0 Å². The Labute approximate surface area is 118 Å². The first kappa shape index (κ1) is 14.1. The molecule has 0 unspecified atom stereocenters. The van der Waals surface area contributed by atoms with Crippen LogP contribution in [-0.4, -0.2) is 22.3 Å². The normalized spacial score (nSPS) is 10.3. The Kier molecular flexibility index (Phi) is 4.40. The summed E-state index contributed by atoms with van der Waals surface area (Å²) < 4.78 is 7.25. The van der Waals surface area contributed by atoms with Gasteiger partial charge in [-0.1, -0.05) is 18.2 Å². The molecule has 0 aliphatic heterocycles. The van der Waals surface area contributed by atoms with Crippen molar-refractivity contribution in [3.63, 3.8) is 0 Å². The minimum Gasteiger partial charge on any atom is -0.493 e. The number of hydrogen-bond acceptors (Lipinski definition) is 3. The maximum absolute atomic E-state index is 11.9. The maximum atomic E-state index is 11.9. The third-order valence-electron chi connectivity index (χ3n) is 3.11. The van der Waals surface area contributed by atoms with Crippen LogP contribution in [0.3, 0.4) is 0 Å². The Morgan fingerprint density at radius 1 is 1.30 bits per heavy atom. The summed E-state index contributed by atoms with van der Waals surface area (Å²) in [6.45, 7) is 4.16. The highest BCUT2D eigenvalue weighted by atomic mass is 16.5. The molecule has 2 rings (SSSR count). The van der Waals surface area contributed by atoms with Crippen LogP contribution < -0.4 is 10.1 Å². The fraction of sp³-hybridized carbons (Fsp3) is 0.333. The summed E-state index contributed by atoms with van der Waals surface area (Å²) in [5, 5.41) is 7.15. The standard InChI is InChI=1S/C15H19N3O2/c1-11-15(12(2)18(3)17-11)16-14(19)9-10-20-13-7-5-4-6-8-13/h4-8H,9-10H2,1-3H3,(H,16,19). The molecule has 0 bridgehead atoms. The first-order valence-electron chi connectivity index (χ1n) is 6.56. The van der Waals surface area contributed by atoms with Gasteiger partial charge in [0, 0.05) is 7.05 Å². The Bertz CT molecular complexity index is 591. The second kappa shape index (κ2) is 6.23. The van der Waals surface area contributed by atoms with Crippen molar-refractivity contribution in [1.29, 1.82) is 0 Å². The fourth-order valence-electron chi connectivity index (χ4n) is 1.93. The van der Waals surface area contributed by atoms with Crippen molar-refractivity contribution in [2.45, 2.75) is 20.3 Å². The van der Waals surface area contributed by atoms with Gasteiger partial charge >= 0.3 is 0 Å². The molecule has 0 spiro atoms. The third-order valence-corrected chi connectivity index (χ3v) is 3.11. The molecule has 106 valence electrons. The molecule has 0 aliphatic carbocycles. The summed E-state index contributed by atoms with van der Waals surface area (Å²) in [6.07, 6.45) is 0.308. The lowest BCUT2D eigenvalue weighted by Crippen LogP contribution is -2.16. The number of hydrogen-bond donors (Lipinski definition) is 1. The van der Waals surface area contributed by atoms with Gasteiger partial charge in [0.1, 0.15) is 5.75 Å². The maximum Gasteiger partial charge on any atom is 0.227 e. The first-order chi connectivity index (χ1) is 9.58. The molecule has 0 fully saturated rings. The number of aryl methyl sites for hydroxylation is 2. The molecule has 1 amide bonds. The average Bonchev–Trinajstić information content (AvgIpc) is 2.67. The van der Waals surface area contributed by atoms with Crippen molar-refractivity contribution in [2.24, 2.45) is 7.05 Å². The van der Waals surface area contributed by atoms with Gasteiger partial charge in [-0.05, 0) is 26.0 Å². The first-order valence-corrected chi connectivity index (χ1v) is 6.56. The summed E-state index contributed by atoms with van der Waals surface area (Å²) in [7, 11) is 1.86. The average molecular weight is 273 g/mol. The van der Waals surface area contributed by atoms with E-state index >= 15 is 0 Å². The van der Waals surface area contributed by atoms with Gasteiger partial charge in [0.25, 0.3) is 0 Å². The van der Waals surface area contributed by atoms with E-state index in [9.17, 15) is 4.79 Å². The Hall–Kier alpha value is -2.30. The number of ether oxygens (including phenoxy) is 1. The summed E-state index contributed by atoms with van der Waals surface area (Å²) in [5.41, 5.74) is 2.55. The Morgan fingerprint density at radius 3 is 2.60 bits per heavy atom. The van der Waals surface area contributed by atoms with Gasteiger partial charge < -0.3 is 10.1 Å². The SMILES string of the molecule is Cc1nn(C)c(C)c1NC(=O)CCOc1ccccc1. The number of benzene rings is 1. The molecule has 5 heteroatoms. The molecule has 0 saturated carbocycles. The molecule has 2 aromatic rings. The molecule has 0 atom stereocenters. The second-order valence-electron chi connectivity index (χ2n) is 4.63. The largest absolute Gasteiger partial charge is 0.493 e. The zero-order valence-corrected chi connectivity index (χ0v) is 12.0. The van der Waals surface area contributed by atoms with Crippen LogP contribution in [0.1, 0.15) is 17.8 Å². The molecule has 5 nitrogen and oxygen atoms in total. The molecule has 0 radical (unpaired) electrons. The van der Waals surface area contributed by atoms with E-state index in [1.54, 1.807) is 4.68 Å². The number of anilines is 1. The van der Waals surface area contributed by atoms with Crippen LogP contribution in [0.2, 0.25) is 0 Å². The van der Waals surface area contributed by atoms with Gasteiger partial charge in [0.05, 0.1) is 30.1 Å². The molecule has 1 N–H and O–H groups in total. The molecule has 20 heavy (non-hydrogen) atoms. The molecule has 1 aromatic heterocycles. The van der Waals surface area contributed by atoms with Crippen LogP contribution in [0.15, 0.2) is 30.3 Å². The molecular formula is C15H19N3O2. The molecule has 1 aromatic carbocycles. The summed E-state index contributed by atoms with van der Waals surface area (Å²) in [4.78, 5) is 11.9. The van der Waals surface area contributed by atoms with Crippen molar-refractivity contribution in [1.82, 2.24) is 9.78 Å². The monoisotopic (exact) mass is 273 g/mol. The van der Waals surface area contributed by atoms with E-state index in [0.717, 1.165) is 22.8 Å². The van der Waals surface area contributed by atoms with Gasteiger partial charge in [-0.2, -0.15) is 5.10 Å². The number of carbonyl (C=O) groups excluding carboxylic acids is 1. The van der Waals surface area contributed by atoms with Crippen LogP contribution in [0, 0.1) is 13.8 Å². The topological polar surface area (TPSA) is 56.2 Å². The highest BCUT2D eigenvalue weighted by Crippen LogP contribution is 2.18. The predicted molar refractivity (Wildman–Crippen MR) is 77.9 cm³/mol. The molecular weight excluding hydrogens is 254 g/mol. The smallest absolute Gasteiger partial charge is 0.227 e. The van der Waals surface area contributed by atoms with E-state index in [1.165, 1.54) is 0 Å². The third kappa shape index (κ3) is 3.38. The summed E-state index contributed by atoms with van der Waals surface area (Å²) in [5.74, 6) is 0.703. The van der Waals surface area contributed by atoms with Gasteiger partial charge in [0.15, 0.2) is 0 Å². The van der Waals surface area contributed by atoms with Gasteiger partial charge in [-0.25, -0.2) is 0 Å². The van der Waals surface area contributed by atoms with E-state index in [0.29, 0.717) is 13.0 Å². The minimum atomic E-state index is -0.0693. The number of rotatable bonds is 5. The number of nitrogens with zero attached hydrogens (tertiary/aromatic N) is 2. The fourth-order valence-corrected chi connectivity index (χ4v) is 1.93. The molecule has 0 saturated heterocycles. The van der Waals surface area contributed by atoms with E-state index in [-0.39, 0.29) is 5.91 Å². The summed E-state index contributed by atoms with van der Waals surface area (Å²) >= 11 is 0. The van der Waals surface area contributed by atoms with Crippen LogP contribution in [0.5, 0.6) is 5.75 Å². The summed E-state index contributed by atoms with van der Waals surface area (Å²) in [6, 6.07) is 9.46. The van der Waals surface area contributed by atoms with E-state index in [2.05, 4.69) is 10.4 Å². The predicted octanol–water partition coefficient (Wildman–Crippen LogP) is 2.44. The van der Waals surface area contributed by atoms with E-state index in [1.807, 2.05) is 51.2 Å². The highest BCUT2D eigenvalue weighted by molar-refractivity contribution is 5.91. The van der Waals surface area contributed by atoms with Crippen LogP contribution in [0.25, 0.3) is 0 Å². The zero-order valence-electron chi connectivity index (χ0n) is 12.0. The van der Waals surface area contributed by atoms with Crippen molar-refractivity contribution in [3.8, 4) is 5.75 Å². The lowest BCUT2D eigenvalue weighted by Gasteiger charge is -2.07. The zero-order chi connectivity index (χ0) is 14.5. The Balaban J connectivity index is 1.84. The lowest BCUT2D eigenvalue weighted by atomic mass is 10.3. The van der Waals surface area contributed by atoms with Crippen molar-refractivity contribution >= 4 is 11.6 Å². The number of aromatic nitrogens is 2. The van der Waals surface area contributed by atoms with Crippen molar-refractivity contribution < 1.29 is 9.53 Å². The van der Waals surface area contributed by atoms with Crippen molar-refractivity contribution in [3.05, 3.63) is 41.7 Å². The number of carbonyl (C=O) groups is 1. The Morgan fingerprint density at radius 2 is 2.00 bits per heavy atom. The van der Waals surface area contributed by atoms with Crippen LogP contribution in [-0.2, 0) is 11.8 Å². The van der Waals surface area contributed by atoms with E-state index in [4.69, 9.17) is 4.74 Å². The quantitative estimate of drug-likeness (QED) is 0.910. The second-order valence-corrected chi connectivity index (χ2v) is 4.63. The number of nitrogens with one attached hydrogen (secondary N) is 1. The van der Waals surface area contributed by atoms with Gasteiger partial charge in [0.2, 0.25) is 5.91 Å².